The van der Waals surface area contributed by atoms with Crippen molar-refractivity contribution in [2.45, 2.75) is 38.4 Å². The minimum absolute atomic E-state index is 0.343. The van der Waals surface area contributed by atoms with Gasteiger partial charge in [-0.05, 0) is 37.5 Å². The third-order valence-corrected chi connectivity index (χ3v) is 4.17. The second-order valence-electron chi connectivity index (χ2n) is 5.18. The quantitative estimate of drug-likeness (QED) is 0.907. The maximum atomic E-state index is 4.26. The fourth-order valence-electron chi connectivity index (χ4n) is 2.28. The molecule has 1 aromatic carbocycles. The van der Waals surface area contributed by atoms with Crippen molar-refractivity contribution in [1.29, 1.82) is 0 Å². The van der Waals surface area contributed by atoms with Gasteiger partial charge in [0.1, 0.15) is 0 Å². The van der Waals surface area contributed by atoms with Gasteiger partial charge in [0.15, 0.2) is 0 Å². The lowest BCUT2D eigenvalue weighted by Crippen LogP contribution is -2.19. The second-order valence-corrected chi connectivity index (χ2v) is 6.09. The molecule has 4 heteroatoms. The number of rotatable bonds is 5. The monoisotopic (exact) mass is 319 g/mol. The molecular weight excluding hydrogens is 302 g/mol. The zero-order chi connectivity index (χ0) is 13.2. The Morgan fingerprint density at radius 3 is 2.79 bits per heavy atom. The minimum atomic E-state index is 0.343. The highest BCUT2D eigenvalue weighted by molar-refractivity contribution is 9.10. The van der Waals surface area contributed by atoms with Crippen molar-refractivity contribution in [3.05, 3.63) is 52.5 Å². The molecule has 1 fully saturated rings. The van der Waals surface area contributed by atoms with Gasteiger partial charge in [-0.1, -0.05) is 28.1 Å². The predicted molar refractivity (Wildman–Crippen MR) is 79.9 cm³/mol. The van der Waals surface area contributed by atoms with Gasteiger partial charge in [0, 0.05) is 29.3 Å². The number of imidazole rings is 1. The van der Waals surface area contributed by atoms with Gasteiger partial charge in [-0.3, -0.25) is 0 Å². The van der Waals surface area contributed by atoms with E-state index in [0.717, 1.165) is 11.0 Å². The summed E-state index contributed by atoms with van der Waals surface area (Å²) >= 11 is 3.47. The third-order valence-electron chi connectivity index (χ3n) is 3.65. The highest BCUT2D eigenvalue weighted by atomic mass is 79.9. The van der Waals surface area contributed by atoms with E-state index in [2.05, 4.69) is 62.0 Å². The Labute approximate surface area is 122 Å². The standard InChI is InChI=1S/C15H18BrN3/c1-11(12-2-4-13(16)5-3-12)18-9-15-8-17-10-19(15)14-6-7-14/h2-5,8,10-11,14,18H,6-7,9H2,1H3. The molecule has 19 heavy (non-hydrogen) atoms. The largest absolute Gasteiger partial charge is 0.330 e. The van der Waals surface area contributed by atoms with Gasteiger partial charge >= 0.3 is 0 Å². The van der Waals surface area contributed by atoms with Crippen molar-refractivity contribution in [2.75, 3.05) is 0 Å². The van der Waals surface area contributed by atoms with Gasteiger partial charge in [0.2, 0.25) is 0 Å². The van der Waals surface area contributed by atoms with E-state index in [4.69, 9.17) is 0 Å². The van der Waals surface area contributed by atoms with Crippen LogP contribution >= 0.6 is 15.9 Å². The van der Waals surface area contributed by atoms with Crippen molar-refractivity contribution in [2.24, 2.45) is 0 Å². The molecule has 0 radical (unpaired) electrons. The molecule has 3 nitrogen and oxygen atoms in total. The van der Waals surface area contributed by atoms with Crippen molar-refractivity contribution < 1.29 is 0 Å². The van der Waals surface area contributed by atoms with E-state index < -0.39 is 0 Å². The van der Waals surface area contributed by atoms with Crippen molar-refractivity contribution >= 4 is 15.9 Å². The van der Waals surface area contributed by atoms with Crippen LogP contribution in [0.1, 0.15) is 43.1 Å². The zero-order valence-electron chi connectivity index (χ0n) is 11.0. The molecule has 3 rings (SSSR count). The number of nitrogens with zero attached hydrogens (tertiary/aromatic N) is 2. The third kappa shape index (κ3) is 3.07. The van der Waals surface area contributed by atoms with Crippen LogP contribution in [0.5, 0.6) is 0 Å². The van der Waals surface area contributed by atoms with Crippen LogP contribution in [0.3, 0.4) is 0 Å². The number of hydrogen-bond acceptors (Lipinski definition) is 2. The van der Waals surface area contributed by atoms with Gasteiger partial charge in [0.25, 0.3) is 0 Å². The Balaban J connectivity index is 1.62. The summed E-state index contributed by atoms with van der Waals surface area (Å²) in [6.45, 7) is 3.06. The molecule has 1 aliphatic rings. The summed E-state index contributed by atoms with van der Waals surface area (Å²) in [5.74, 6) is 0. The molecule has 1 N–H and O–H groups in total. The molecule has 1 saturated carbocycles. The molecule has 1 atom stereocenters. The Morgan fingerprint density at radius 1 is 1.37 bits per heavy atom. The van der Waals surface area contributed by atoms with Gasteiger partial charge in [-0.2, -0.15) is 0 Å². The van der Waals surface area contributed by atoms with Crippen LogP contribution in [0.2, 0.25) is 0 Å². The van der Waals surface area contributed by atoms with E-state index in [1.54, 1.807) is 0 Å². The summed E-state index contributed by atoms with van der Waals surface area (Å²) in [5, 5.41) is 3.57. The van der Waals surface area contributed by atoms with Crippen LogP contribution in [0.4, 0.5) is 0 Å². The molecule has 0 aliphatic heterocycles. The molecule has 1 heterocycles. The number of halogens is 1. The Kier molecular flexibility index (Phi) is 3.71. The highest BCUT2D eigenvalue weighted by Gasteiger charge is 2.25. The molecule has 0 bridgehead atoms. The minimum Gasteiger partial charge on any atom is -0.330 e. The van der Waals surface area contributed by atoms with E-state index in [0.29, 0.717) is 12.1 Å². The average Bonchev–Trinajstić information content (AvgIpc) is 3.16. The van der Waals surface area contributed by atoms with E-state index in [1.807, 2.05) is 12.5 Å². The SMILES string of the molecule is CC(NCc1cncn1C1CC1)c1ccc(Br)cc1. The molecule has 0 saturated heterocycles. The fraction of sp³-hybridized carbons (Fsp3) is 0.400. The highest BCUT2D eigenvalue weighted by Crippen LogP contribution is 2.35. The second kappa shape index (κ2) is 5.47. The van der Waals surface area contributed by atoms with Gasteiger partial charge in [-0.15, -0.1) is 0 Å². The molecule has 100 valence electrons. The summed E-state index contributed by atoms with van der Waals surface area (Å²) in [6, 6.07) is 9.52. The van der Waals surface area contributed by atoms with E-state index >= 15 is 0 Å². The van der Waals surface area contributed by atoms with Crippen LogP contribution in [-0.2, 0) is 6.54 Å². The Bertz CT molecular complexity index is 543. The summed E-state index contributed by atoms with van der Waals surface area (Å²) in [7, 11) is 0. The predicted octanol–water partition coefficient (Wildman–Crippen LogP) is 3.83. The average molecular weight is 320 g/mol. The first-order valence-electron chi connectivity index (χ1n) is 6.73. The molecule has 0 amide bonds. The number of nitrogens with one attached hydrogen (secondary N) is 1. The summed E-state index contributed by atoms with van der Waals surface area (Å²) in [5.41, 5.74) is 2.59. The van der Waals surface area contributed by atoms with Gasteiger partial charge in [0.05, 0.1) is 12.0 Å². The van der Waals surface area contributed by atoms with Crippen molar-refractivity contribution in [3.63, 3.8) is 0 Å². The van der Waals surface area contributed by atoms with E-state index in [-0.39, 0.29) is 0 Å². The van der Waals surface area contributed by atoms with Crippen molar-refractivity contribution in [1.82, 2.24) is 14.9 Å². The fourth-order valence-corrected chi connectivity index (χ4v) is 2.54. The lowest BCUT2D eigenvalue weighted by atomic mass is 10.1. The normalized spacial score (nSPS) is 16.5. The van der Waals surface area contributed by atoms with E-state index in [1.165, 1.54) is 24.1 Å². The maximum Gasteiger partial charge on any atom is 0.0951 e. The lowest BCUT2D eigenvalue weighted by molar-refractivity contribution is 0.547. The zero-order valence-corrected chi connectivity index (χ0v) is 12.6. The number of aromatic nitrogens is 2. The van der Waals surface area contributed by atoms with Gasteiger partial charge < -0.3 is 9.88 Å². The smallest absolute Gasteiger partial charge is 0.0951 e. The van der Waals surface area contributed by atoms with Crippen LogP contribution < -0.4 is 5.32 Å². The Morgan fingerprint density at radius 2 is 2.11 bits per heavy atom. The van der Waals surface area contributed by atoms with Crippen LogP contribution in [0.25, 0.3) is 0 Å². The summed E-state index contributed by atoms with van der Waals surface area (Å²) < 4.78 is 3.43. The lowest BCUT2D eigenvalue weighted by Gasteiger charge is -2.15. The number of benzene rings is 1. The van der Waals surface area contributed by atoms with Crippen LogP contribution in [0.15, 0.2) is 41.3 Å². The molecule has 0 spiro atoms. The van der Waals surface area contributed by atoms with Gasteiger partial charge in [-0.25, -0.2) is 4.98 Å². The summed E-state index contributed by atoms with van der Waals surface area (Å²) in [6.07, 6.45) is 6.52. The maximum absolute atomic E-state index is 4.26. The molecular formula is C15H18BrN3. The van der Waals surface area contributed by atoms with E-state index in [9.17, 15) is 0 Å². The molecule has 1 aliphatic carbocycles. The molecule has 1 aromatic heterocycles. The summed E-state index contributed by atoms with van der Waals surface area (Å²) in [4.78, 5) is 4.26. The number of hydrogen-bond donors (Lipinski definition) is 1. The first-order chi connectivity index (χ1) is 9.24. The Hall–Kier alpha value is -1.13. The molecule has 2 aromatic rings. The molecule has 1 unspecified atom stereocenters. The van der Waals surface area contributed by atoms with Crippen LogP contribution in [0, 0.1) is 0 Å². The first-order valence-corrected chi connectivity index (χ1v) is 7.53. The van der Waals surface area contributed by atoms with Crippen molar-refractivity contribution in [3.8, 4) is 0 Å². The van der Waals surface area contributed by atoms with Crippen LogP contribution in [-0.4, -0.2) is 9.55 Å². The first kappa shape index (κ1) is 12.9. The topological polar surface area (TPSA) is 29.9 Å².